The van der Waals surface area contributed by atoms with Crippen LogP contribution in [-0.4, -0.2) is 39.2 Å². The van der Waals surface area contributed by atoms with Crippen molar-refractivity contribution in [3.8, 4) is 0 Å². The van der Waals surface area contributed by atoms with Crippen LogP contribution in [0.25, 0.3) is 0 Å². The van der Waals surface area contributed by atoms with Gasteiger partial charge in [-0.15, -0.1) is 0 Å². The first kappa shape index (κ1) is 18.9. The van der Waals surface area contributed by atoms with Crippen LogP contribution in [0, 0.1) is 0 Å². The molecule has 1 unspecified atom stereocenters. The zero-order valence-electron chi connectivity index (χ0n) is 12.8. The minimum absolute atomic E-state index is 0.114. The second-order valence-corrected chi connectivity index (χ2v) is 4.78. The summed E-state index contributed by atoms with van der Waals surface area (Å²) in [6.07, 6.45) is 0.176. The molecule has 0 aliphatic heterocycles. The maximum Gasteiger partial charge on any atom is 0.337 e. The van der Waals surface area contributed by atoms with Gasteiger partial charge in [0, 0.05) is 11.6 Å². The zero-order chi connectivity index (χ0) is 18.4. The molecule has 8 heteroatoms. The van der Waals surface area contributed by atoms with E-state index in [0.29, 0.717) is 6.42 Å². The molecule has 0 saturated carbocycles. The highest BCUT2D eigenvalue weighted by atomic mass is 16.5. The molecule has 128 valence electrons. The van der Waals surface area contributed by atoms with E-state index in [1.165, 1.54) is 0 Å². The van der Waals surface area contributed by atoms with Crippen LogP contribution in [0.5, 0.6) is 0 Å². The van der Waals surface area contributed by atoms with Gasteiger partial charge in [-0.25, -0.2) is 19.2 Å². The average Bonchev–Trinajstić information content (AvgIpc) is 2.52. The number of hydrogen-bond acceptors (Lipinski definition) is 5. The van der Waals surface area contributed by atoms with E-state index in [9.17, 15) is 34.5 Å². The summed E-state index contributed by atoms with van der Waals surface area (Å²) < 4.78 is 5.07. The number of benzene rings is 1. The summed E-state index contributed by atoms with van der Waals surface area (Å²) in [5.74, 6) is -5.49. The fourth-order valence-electron chi connectivity index (χ4n) is 2.26. The molecule has 0 fully saturated rings. The first-order valence-electron chi connectivity index (χ1n) is 6.94. The Kier molecular flexibility index (Phi) is 6.22. The van der Waals surface area contributed by atoms with Crippen LogP contribution in [0.3, 0.4) is 0 Å². The summed E-state index contributed by atoms with van der Waals surface area (Å²) >= 11 is 0. The van der Waals surface area contributed by atoms with E-state index in [-0.39, 0.29) is 12.0 Å². The van der Waals surface area contributed by atoms with Crippen LogP contribution in [0.2, 0.25) is 0 Å². The van der Waals surface area contributed by atoms with Crippen molar-refractivity contribution in [3.63, 3.8) is 0 Å². The van der Waals surface area contributed by atoms with Gasteiger partial charge < -0.3 is 20.1 Å². The zero-order valence-corrected chi connectivity index (χ0v) is 12.8. The van der Waals surface area contributed by atoms with E-state index in [4.69, 9.17) is 4.74 Å². The monoisotopic (exact) mass is 336 g/mol. The van der Waals surface area contributed by atoms with Gasteiger partial charge in [-0.3, -0.25) is 0 Å². The Balaban J connectivity index is 3.76. The van der Waals surface area contributed by atoms with Gasteiger partial charge in [0.05, 0.1) is 16.7 Å². The predicted octanol–water partition coefficient (Wildman–Crippen LogP) is 2.35. The molecule has 0 aliphatic carbocycles. The van der Waals surface area contributed by atoms with Gasteiger partial charge in [-0.1, -0.05) is 19.9 Å². The first-order valence-corrected chi connectivity index (χ1v) is 6.94. The Hall–Kier alpha value is -3.16. The SMILES string of the molecule is C=CC(=O)OC(CCC)c1c(C(=O)O)ccc(C(=O)O)c1C(=O)O. The van der Waals surface area contributed by atoms with Crippen LogP contribution in [-0.2, 0) is 9.53 Å². The van der Waals surface area contributed by atoms with E-state index in [0.717, 1.165) is 18.2 Å². The molecule has 0 amide bonds. The van der Waals surface area contributed by atoms with Crippen molar-refractivity contribution in [2.45, 2.75) is 25.9 Å². The third kappa shape index (κ3) is 3.97. The fourth-order valence-corrected chi connectivity index (χ4v) is 2.26. The summed E-state index contributed by atoms with van der Waals surface area (Å²) in [5.41, 5.74) is -2.09. The fraction of sp³-hybridized carbons (Fsp3) is 0.250. The molecule has 3 N–H and O–H groups in total. The molecule has 0 bridgehead atoms. The second-order valence-electron chi connectivity index (χ2n) is 4.78. The first-order chi connectivity index (χ1) is 11.2. The lowest BCUT2D eigenvalue weighted by Crippen LogP contribution is -2.21. The number of carboxylic acids is 3. The maximum atomic E-state index is 11.6. The Morgan fingerprint density at radius 1 is 1.08 bits per heavy atom. The predicted molar refractivity (Wildman–Crippen MR) is 81.3 cm³/mol. The van der Waals surface area contributed by atoms with E-state index in [2.05, 4.69) is 6.58 Å². The lowest BCUT2D eigenvalue weighted by atomic mass is 9.90. The Morgan fingerprint density at radius 2 is 1.62 bits per heavy atom. The van der Waals surface area contributed by atoms with Gasteiger partial charge in [0.25, 0.3) is 0 Å². The number of ether oxygens (including phenoxy) is 1. The number of carbonyl (C=O) groups excluding carboxylic acids is 1. The van der Waals surface area contributed by atoms with Gasteiger partial charge in [0.2, 0.25) is 0 Å². The van der Waals surface area contributed by atoms with Crippen molar-refractivity contribution in [2.75, 3.05) is 0 Å². The third-order valence-electron chi connectivity index (χ3n) is 3.22. The van der Waals surface area contributed by atoms with Crippen molar-refractivity contribution in [2.24, 2.45) is 0 Å². The molecular weight excluding hydrogens is 320 g/mol. The van der Waals surface area contributed by atoms with Crippen LogP contribution in [0.1, 0.15) is 62.5 Å². The third-order valence-corrected chi connectivity index (χ3v) is 3.22. The van der Waals surface area contributed by atoms with Gasteiger partial charge in [0.15, 0.2) is 0 Å². The number of hydrogen-bond donors (Lipinski definition) is 3. The minimum atomic E-state index is -1.62. The van der Waals surface area contributed by atoms with Gasteiger partial charge >= 0.3 is 23.9 Å². The second kappa shape index (κ2) is 7.91. The van der Waals surface area contributed by atoms with Crippen LogP contribution >= 0.6 is 0 Å². The summed E-state index contributed by atoms with van der Waals surface area (Å²) in [5, 5.41) is 27.9. The lowest BCUT2D eigenvalue weighted by Gasteiger charge is -2.21. The molecular formula is C16H16O8. The highest BCUT2D eigenvalue weighted by Crippen LogP contribution is 2.32. The van der Waals surface area contributed by atoms with Crippen molar-refractivity contribution in [1.29, 1.82) is 0 Å². The molecule has 1 aromatic rings. The van der Waals surface area contributed by atoms with Gasteiger partial charge in [0.1, 0.15) is 6.10 Å². The van der Waals surface area contributed by atoms with E-state index in [1.54, 1.807) is 6.92 Å². The molecule has 0 saturated heterocycles. The molecule has 24 heavy (non-hydrogen) atoms. The largest absolute Gasteiger partial charge is 0.478 e. The number of rotatable bonds is 8. The van der Waals surface area contributed by atoms with E-state index < -0.39 is 46.7 Å². The van der Waals surface area contributed by atoms with Crippen LogP contribution < -0.4 is 0 Å². The van der Waals surface area contributed by atoms with Crippen LogP contribution in [0.4, 0.5) is 0 Å². The molecule has 0 aromatic heterocycles. The summed E-state index contributed by atoms with van der Waals surface area (Å²) in [6.45, 7) is 4.95. The highest BCUT2D eigenvalue weighted by Gasteiger charge is 2.31. The van der Waals surface area contributed by atoms with Crippen molar-refractivity contribution >= 4 is 23.9 Å². The van der Waals surface area contributed by atoms with Crippen molar-refractivity contribution < 1.29 is 39.2 Å². The van der Waals surface area contributed by atoms with Gasteiger partial charge in [-0.2, -0.15) is 0 Å². The van der Waals surface area contributed by atoms with Crippen LogP contribution in [0.15, 0.2) is 24.8 Å². The Morgan fingerprint density at radius 3 is 2.04 bits per heavy atom. The molecule has 0 radical (unpaired) electrons. The Bertz CT molecular complexity index is 704. The molecule has 1 aromatic carbocycles. The molecule has 8 nitrogen and oxygen atoms in total. The highest BCUT2D eigenvalue weighted by molar-refractivity contribution is 6.05. The molecule has 1 atom stereocenters. The molecule has 1 rings (SSSR count). The molecule has 0 heterocycles. The topological polar surface area (TPSA) is 138 Å². The number of esters is 1. The summed E-state index contributed by atoms with van der Waals surface area (Å²) in [7, 11) is 0. The van der Waals surface area contributed by atoms with Crippen molar-refractivity contribution in [1.82, 2.24) is 0 Å². The molecule has 0 aliphatic rings. The number of aromatic carboxylic acids is 3. The van der Waals surface area contributed by atoms with Crippen molar-refractivity contribution in [3.05, 3.63) is 47.0 Å². The quantitative estimate of drug-likeness (QED) is 0.486. The van der Waals surface area contributed by atoms with E-state index >= 15 is 0 Å². The minimum Gasteiger partial charge on any atom is -0.478 e. The maximum absolute atomic E-state index is 11.6. The number of carboxylic acid groups (broad SMARTS) is 3. The normalized spacial score (nSPS) is 11.4. The molecule has 0 spiro atoms. The Labute approximate surface area is 137 Å². The van der Waals surface area contributed by atoms with E-state index in [1.807, 2.05) is 0 Å². The smallest absolute Gasteiger partial charge is 0.337 e. The number of carbonyl (C=O) groups is 4. The lowest BCUT2D eigenvalue weighted by molar-refractivity contribution is -0.143. The average molecular weight is 336 g/mol. The standard InChI is InChI=1S/C16H16O8/c1-3-5-10(24-11(17)4-2)12-8(14(18)19)6-7-9(15(20)21)13(12)16(22)23/h4,6-7,10H,2-3,5H2,1H3,(H,18,19)(H,20,21)(H,22,23). The van der Waals surface area contributed by atoms with Gasteiger partial charge in [-0.05, 0) is 18.6 Å². The summed E-state index contributed by atoms with van der Waals surface area (Å²) in [4.78, 5) is 45.8. The summed E-state index contributed by atoms with van der Waals surface area (Å²) in [6, 6.07) is 1.88.